The van der Waals surface area contributed by atoms with Crippen LogP contribution in [0.5, 0.6) is 0 Å². The van der Waals surface area contributed by atoms with Crippen LogP contribution in [-0.2, 0) is 17.8 Å². The van der Waals surface area contributed by atoms with Crippen molar-refractivity contribution < 1.29 is 9.53 Å². The molecule has 0 aliphatic heterocycles. The number of carbonyl (C=O) groups is 1. The summed E-state index contributed by atoms with van der Waals surface area (Å²) in [5.74, 6) is 0.434. The maximum Gasteiger partial charge on any atom is 0.408 e. The van der Waals surface area contributed by atoms with Gasteiger partial charge < -0.3 is 10.1 Å². The number of fused-ring (bicyclic) bond motifs is 1. The second-order valence-corrected chi connectivity index (χ2v) is 5.35. The Morgan fingerprint density at radius 1 is 1.38 bits per heavy atom. The minimum atomic E-state index is -0.571. The van der Waals surface area contributed by atoms with Crippen molar-refractivity contribution in [2.24, 2.45) is 5.18 Å². The predicted octanol–water partition coefficient (Wildman–Crippen LogP) is 1.42. The van der Waals surface area contributed by atoms with E-state index in [0.717, 1.165) is 0 Å². The first-order chi connectivity index (χ1) is 9.89. The first kappa shape index (κ1) is 14.8. The van der Waals surface area contributed by atoms with Gasteiger partial charge in [-0.15, -0.1) is 10.2 Å². The quantitative estimate of drug-likeness (QED) is 0.853. The number of nitrogens with zero attached hydrogens (tertiary/aromatic N) is 5. The Morgan fingerprint density at radius 2 is 2.14 bits per heavy atom. The van der Waals surface area contributed by atoms with Gasteiger partial charge in [0.1, 0.15) is 12.1 Å². The molecule has 0 atom stereocenters. The van der Waals surface area contributed by atoms with Crippen molar-refractivity contribution >= 4 is 11.7 Å². The first-order valence-electron chi connectivity index (χ1n) is 6.35. The van der Waals surface area contributed by atoms with Gasteiger partial charge in [-0.25, -0.2) is 4.79 Å². The minimum absolute atomic E-state index is 0.0347. The topological polar surface area (TPSA) is 111 Å². The van der Waals surface area contributed by atoms with Crippen LogP contribution >= 0.6 is 0 Å². The predicted molar refractivity (Wildman–Crippen MR) is 73.4 cm³/mol. The van der Waals surface area contributed by atoms with Crippen LogP contribution in [0.2, 0.25) is 0 Å². The molecule has 0 saturated heterocycles. The lowest BCUT2D eigenvalue weighted by Gasteiger charge is -2.19. The molecule has 0 aliphatic carbocycles. The number of ether oxygens (including phenoxy) is 1. The second-order valence-electron chi connectivity index (χ2n) is 5.35. The van der Waals surface area contributed by atoms with Crippen molar-refractivity contribution in [1.29, 1.82) is 0 Å². The van der Waals surface area contributed by atoms with Gasteiger partial charge in [0.05, 0.1) is 12.2 Å². The zero-order valence-corrected chi connectivity index (χ0v) is 12.0. The molecular formula is C12H16N6O3. The molecule has 0 spiro atoms. The van der Waals surface area contributed by atoms with Gasteiger partial charge in [-0.2, -0.15) is 14.5 Å². The molecule has 0 unspecified atom stereocenters. The van der Waals surface area contributed by atoms with E-state index in [1.807, 2.05) is 0 Å². The maximum atomic E-state index is 11.6. The summed E-state index contributed by atoms with van der Waals surface area (Å²) in [4.78, 5) is 21.9. The summed E-state index contributed by atoms with van der Waals surface area (Å²) in [6.45, 7) is 5.41. The molecule has 0 bridgehead atoms. The van der Waals surface area contributed by atoms with Gasteiger partial charge >= 0.3 is 6.09 Å². The van der Waals surface area contributed by atoms with Crippen molar-refractivity contribution in [1.82, 2.24) is 25.1 Å². The van der Waals surface area contributed by atoms with E-state index in [9.17, 15) is 9.70 Å². The summed E-state index contributed by atoms with van der Waals surface area (Å²) in [7, 11) is 0. The van der Waals surface area contributed by atoms with Crippen LogP contribution < -0.4 is 5.32 Å². The average Bonchev–Trinajstić information content (AvgIpc) is 2.77. The van der Waals surface area contributed by atoms with Gasteiger partial charge in [0.25, 0.3) is 0 Å². The fourth-order valence-electron chi connectivity index (χ4n) is 1.60. The number of nitroso groups, excluding NO2 is 1. The molecular weight excluding hydrogens is 276 g/mol. The number of aromatic nitrogens is 4. The van der Waals surface area contributed by atoms with Crippen molar-refractivity contribution in [3.05, 3.63) is 28.6 Å². The lowest BCUT2D eigenvalue weighted by molar-refractivity contribution is 0.0522. The van der Waals surface area contributed by atoms with E-state index in [1.54, 1.807) is 32.9 Å². The molecule has 0 fully saturated rings. The maximum absolute atomic E-state index is 11.6. The molecule has 2 aromatic rings. The number of amides is 1. The first-order valence-corrected chi connectivity index (χ1v) is 6.35. The van der Waals surface area contributed by atoms with Gasteiger partial charge in [0.2, 0.25) is 0 Å². The van der Waals surface area contributed by atoms with Crippen molar-refractivity contribution in [3.63, 3.8) is 0 Å². The molecule has 0 aromatic carbocycles. The fraction of sp³-hybridized carbons (Fsp3) is 0.500. The molecule has 0 saturated carbocycles. The van der Waals surface area contributed by atoms with Crippen molar-refractivity contribution in [2.45, 2.75) is 39.5 Å². The minimum Gasteiger partial charge on any atom is -0.444 e. The molecule has 0 aliphatic rings. The second kappa shape index (κ2) is 5.81. The van der Waals surface area contributed by atoms with Crippen LogP contribution in [0.15, 0.2) is 17.3 Å². The van der Waals surface area contributed by atoms with E-state index in [1.165, 1.54) is 4.52 Å². The van der Waals surface area contributed by atoms with E-state index >= 15 is 0 Å². The largest absolute Gasteiger partial charge is 0.444 e. The van der Waals surface area contributed by atoms with Crippen molar-refractivity contribution in [3.8, 4) is 0 Å². The summed E-state index contributed by atoms with van der Waals surface area (Å²) in [5.41, 5.74) is 0.444. The average molecular weight is 292 g/mol. The van der Waals surface area contributed by atoms with E-state index in [4.69, 9.17) is 4.74 Å². The number of hydrogen-bond donors (Lipinski definition) is 1. The zero-order valence-electron chi connectivity index (χ0n) is 12.0. The van der Waals surface area contributed by atoms with Crippen LogP contribution in [0.3, 0.4) is 0 Å². The van der Waals surface area contributed by atoms with Gasteiger partial charge in [0.15, 0.2) is 11.5 Å². The van der Waals surface area contributed by atoms with E-state index < -0.39 is 11.7 Å². The Kier molecular flexibility index (Phi) is 4.10. The molecule has 112 valence electrons. The number of nitrogens with one attached hydrogen (secondary N) is 1. The van der Waals surface area contributed by atoms with Gasteiger partial charge in [-0.3, -0.25) is 0 Å². The fourth-order valence-corrected chi connectivity index (χ4v) is 1.60. The molecule has 2 aromatic heterocycles. The van der Waals surface area contributed by atoms with Gasteiger partial charge in [-0.1, -0.05) is 5.18 Å². The normalized spacial score (nSPS) is 11.4. The highest BCUT2D eigenvalue weighted by atomic mass is 16.6. The van der Waals surface area contributed by atoms with Gasteiger partial charge in [-0.05, 0) is 32.9 Å². The number of alkyl carbamates (subject to hydrolysis) is 1. The third-order valence-electron chi connectivity index (χ3n) is 2.40. The Hall–Kier alpha value is -2.58. The standard InChI is InChI=1S/C12H16N6O3/c1-12(2,3)21-11(19)13-7-10-16-15-9-5-4-8(6-14-20)17-18(9)10/h4-5H,6-7H2,1-3H3,(H,13,19). The van der Waals surface area contributed by atoms with E-state index in [0.29, 0.717) is 17.2 Å². The van der Waals surface area contributed by atoms with Crippen molar-refractivity contribution in [2.75, 3.05) is 0 Å². The molecule has 1 amide bonds. The lowest BCUT2D eigenvalue weighted by atomic mass is 10.2. The Morgan fingerprint density at radius 3 is 2.81 bits per heavy atom. The SMILES string of the molecule is CC(C)(C)OC(=O)NCc1nnc2ccc(CN=O)nn12. The summed E-state index contributed by atoms with van der Waals surface area (Å²) in [6, 6.07) is 3.33. The molecule has 0 radical (unpaired) electrons. The third kappa shape index (κ3) is 3.94. The molecule has 9 nitrogen and oxygen atoms in total. The highest BCUT2D eigenvalue weighted by Gasteiger charge is 2.17. The Bertz CT molecular complexity index is 661. The molecule has 2 heterocycles. The van der Waals surface area contributed by atoms with Crippen LogP contribution in [0.4, 0.5) is 4.79 Å². The number of carbonyl (C=O) groups excluding carboxylic acids is 1. The molecule has 21 heavy (non-hydrogen) atoms. The number of rotatable bonds is 4. The zero-order chi connectivity index (χ0) is 15.5. The monoisotopic (exact) mass is 292 g/mol. The van der Waals surface area contributed by atoms with E-state index in [2.05, 4.69) is 25.8 Å². The molecule has 1 N–H and O–H groups in total. The molecule has 2 rings (SSSR count). The summed E-state index contributed by atoms with van der Waals surface area (Å²) in [6.07, 6.45) is -0.551. The Labute approximate surface area is 120 Å². The lowest BCUT2D eigenvalue weighted by Crippen LogP contribution is -2.32. The summed E-state index contributed by atoms with van der Waals surface area (Å²) < 4.78 is 6.58. The smallest absolute Gasteiger partial charge is 0.408 e. The third-order valence-corrected chi connectivity index (χ3v) is 2.40. The van der Waals surface area contributed by atoms with Crippen LogP contribution in [0.25, 0.3) is 5.65 Å². The summed E-state index contributed by atoms with van der Waals surface area (Å²) >= 11 is 0. The molecule has 9 heteroatoms. The Balaban J connectivity index is 2.09. The van der Waals surface area contributed by atoms with Gasteiger partial charge in [0, 0.05) is 0 Å². The van der Waals surface area contributed by atoms with Crippen LogP contribution in [0.1, 0.15) is 32.3 Å². The van der Waals surface area contributed by atoms with Crippen LogP contribution in [-0.4, -0.2) is 31.5 Å². The highest BCUT2D eigenvalue weighted by molar-refractivity contribution is 5.67. The van der Waals surface area contributed by atoms with E-state index in [-0.39, 0.29) is 13.1 Å². The van der Waals surface area contributed by atoms with Crippen LogP contribution in [0, 0.1) is 4.91 Å². The highest BCUT2D eigenvalue weighted by Crippen LogP contribution is 2.07. The number of hydrogen-bond acceptors (Lipinski definition) is 7. The summed E-state index contributed by atoms with van der Waals surface area (Å²) in [5, 5.41) is 17.4.